The molecule has 84 valence electrons. The van der Waals surface area contributed by atoms with Gasteiger partial charge >= 0.3 is 6.03 Å². The van der Waals surface area contributed by atoms with E-state index in [0.29, 0.717) is 12.1 Å². The molecule has 1 aromatic rings. The highest BCUT2D eigenvalue weighted by Gasteiger charge is 2.36. The van der Waals surface area contributed by atoms with Gasteiger partial charge in [-0.3, -0.25) is 10.7 Å². The number of halogens is 1. The predicted octanol–water partition coefficient (Wildman–Crippen LogP) is 1.89. The second kappa shape index (κ2) is 3.92. The Balaban J connectivity index is 2.43. The zero-order valence-electron chi connectivity index (χ0n) is 8.83. The number of nitrogens with zero attached hydrogens (tertiary/aromatic N) is 1. The summed E-state index contributed by atoms with van der Waals surface area (Å²) in [5.74, 6) is -0.371. The number of amides is 2. The maximum absolute atomic E-state index is 13.6. The summed E-state index contributed by atoms with van der Waals surface area (Å²) in [5, 5.41) is 10.1. The molecule has 0 spiro atoms. The van der Waals surface area contributed by atoms with Crippen molar-refractivity contribution in [2.24, 2.45) is 0 Å². The number of rotatable bonds is 2. The molecule has 1 aliphatic heterocycles. The molecular formula is C11H12FN3O. The van der Waals surface area contributed by atoms with Crippen LogP contribution in [0.5, 0.6) is 0 Å². The van der Waals surface area contributed by atoms with Crippen LogP contribution >= 0.6 is 0 Å². The summed E-state index contributed by atoms with van der Waals surface area (Å²) in [6.45, 7) is 2.24. The molecule has 1 saturated heterocycles. The fourth-order valence-corrected chi connectivity index (χ4v) is 1.87. The quantitative estimate of drug-likeness (QED) is 0.787. The number of benzene rings is 1. The number of hydrogen-bond acceptors (Lipinski definition) is 2. The topological polar surface area (TPSA) is 56.2 Å². The van der Waals surface area contributed by atoms with Crippen molar-refractivity contribution in [3.63, 3.8) is 0 Å². The molecule has 4 nitrogen and oxygen atoms in total. The first-order chi connectivity index (χ1) is 7.65. The Bertz CT molecular complexity index is 447. The Labute approximate surface area is 92.6 Å². The lowest BCUT2D eigenvalue weighted by atomic mass is 10.1. The van der Waals surface area contributed by atoms with Gasteiger partial charge in [0.05, 0.1) is 0 Å². The molecule has 0 radical (unpaired) electrons. The van der Waals surface area contributed by atoms with Crippen molar-refractivity contribution in [1.29, 1.82) is 5.41 Å². The van der Waals surface area contributed by atoms with Crippen LogP contribution in [0, 0.1) is 11.2 Å². The van der Waals surface area contributed by atoms with E-state index in [0.717, 1.165) is 0 Å². The van der Waals surface area contributed by atoms with E-state index < -0.39 is 11.9 Å². The van der Waals surface area contributed by atoms with E-state index in [-0.39, 0.29) is 11.9 Å². The molecule has 0 aliphatic carbocycles. The number of nitrogens with one attached hydrogen (secondary N) is 2. The lowest BCUT2D eigenvalue weighted by Gasteiger charge is -2.21. The number of carbonyl (C=O) groups is 1. The maximum atomic E-state index is 13.6. The third-order valence-corrected chi connectivity index (χ3v) is 2.63. The molecule has 0 saturated carbocycles. The number of amidine groups is 1. The van der Waals surface area contributed by atoms with Gasteiger partial charge in [-0.05, 0) is 13.0 Å². The standard InChI is InChI=1S/C11H12FN3O/c1-2-15-9(10(13)14-11(15)16)7-5-3-4-6-8(7)12/h3-6,9H,2H2,1H3,(H2,13,14,16). The molecule has 1 unspecified atom stereocenters. The highest BCUT2D eigenvalue weighted by atomic mass is 19.1. The third-order valence-electron chi connectivity index (χ3n) is 2.63. The van der Waals surface area contributed by atoms with Gasteiger partial charge in [0, 0.05) is 12.1 Å². The summed E-state index contributed by atoms with van der Waals surface area (Å²) in [6.07, 6.45) is 0. The zero-order chi connectivity index (χ0) is 11.7. The average Bonchev–Trinajstić information content (AvgIpc) is 2.54. The fraction of sp³-hybridized carbons (Fsp3) is 0.273. The monoisotopic (exact) mass is 221 g/mol. The molecule has 1 heterocycles. The summed E-state index contributed by atoms with van der Waals surface area (Å²) in [5.41, 5.74) is 0.354. The van der Waals surface area contributed by atoms with E-state index in [4.69, 9.17) is 5.41 Å². The third kappa shape index (κ3) is 1.54. The number of hydrogen-bond donors (Lipinski definition) is 2. The minimum Gasteiger partial charge on any atom is -0.310 e. The number of carbonyl (C=O) groups excluding carboxylic acids is 1. The van der Waals surface area contributed by atoms with Crippen LogP contribution in [0.3, 0.4) is 0 Å². The largest absolute Gasteiger partial charge is 0.323 e. The molecule has 16 heavy (non-hydrogen) atoms. The SMILES string of the molecule is CCN1C(=O)NC(=N)C1c1ccccc1F. The Morgan fingerprint density at radius 2 is 2.19 bits per heavy atom. The number of likely N-dealkylation sites (N-methyl/N-ethyl adjacent to an activating group) is 1. The first-order valence-corrected chi connectivity index (χ1v) is 5.05. The van der Waals surface area contributed by atoms with Gasteiger partial charge in [-0.15, -0.1) is 0 Å². The van der Waals surface area contributed by atoms with Crippen LogP contribution in [0.2, 0.25) is 0 Å². The predicted molar refractivity (Wildman–Crippen MR) is 57.8 cm³/mol. The molecule has 1 fully saturated rings. The molecule has 1 aliphatic rings. The minimum absolute atomic E-state index is 0.0250. The molecular weight excluding hydrogens is 209 g/mol. The van der Waals surface area contributed by atoms with E-state index in [1.165, 1.54) is 11.0 Å². The van der Waals surface area contributed by atoms with Crippen LogP contribution in [0.25, 0.3) is 0 Å². The van der Waals surface area contributed by atoms with Crippen LogP contribution < -0.4 is 5.32 Å². The van der Waals surface area contributed by atoms with Gasteiger partial charge in [-0.1, -0.05) is 18.2 Å². The van der Waals surface area contributed by atoms with Crippen LogP contribution in [0.15, 0.2) is 24.3 Å². The summed E-state index contributed by atoms with van der Waals surface area (Å²) < 4.78 is 13.6. The Hall–Kier alpha value is -1.91. The van der Waals surface area contributed by atoms with E-state index in [1.807, 2.05) is 0 Å². The summed E-state index contributed by atoms with van der Waals surface area (Å²) in [6, 6.07) is 5.24. The van der Waals surface area contributed by atoms with Crippen LogP contribution in [0.1, 0.15) is 18.5 Å². The van der Waals surface area contributed by atoms with Crippen molar-refractivity contribution in [3.05, 3.63) is 35.6 Å². The van der Waals surface area contributed by atoms with E-state index in [1.54, 1.807) is 25.1 Å². The van der Waals surface area contributed by atoms with Crippen molar-refractivity contribution in [3.8, 4) is 0 Å². The first-order valence-electron chi connectivity index (χ1n) is 5.05. The van der Waals surface area contributed by atoms with Crippen LogP contribution in [-0.4, -0.2) is 23.3 Å². The van der Waals surface area contributed by atoms with Gasteiger partial charge in [0.15, 0.2) is 0 Å². The van der Waals surface area contributed by atoms with Gasteiger partial charge in [0.2, 0.25) is 0 Å². The summed E-state index contributed by atoms with van der Waals surface area (Å²) in [4.78, 5) is 12.9. The second-order valence-electron chi connectivity index (χ2n) is 3.55. The number of urea groups is 1. The van der Waals surface area contributed by atoms with Gasteiger partial charge in [-0.25, -0.2) is 9.18 Å². The summed E-state index contributed by atoms with van der Waals surface area (Å²) in [7, 11) is 0. The Morgan fingerprint density at radius 1 is 1.50 bits per heavy atom. The molecule has 0 aromatic heterocycles. The van der Waals surface area contributed by atoms with Crippen molar-refractivity contribution in [2.45, 2.75) is 13.0 Å². The van der Waals surface area contributed by atoms with Gasteiger partial charge < -0.3 is 4.90 Å². The molecule has 2 amide bonds. The smallest absolute Gasteiger partial charge is 0.310 e. The Kier molecular flexibility index (Phi) is 2.60. The van der Waals surface area contributed by atoms with Crippen molar-refractivity contribution < 1.29 is 9.18 Å². The zero-order valence-corrected chi connectivity index (χ0v) is 8.83. The minimum atomic E-state index is -0.626. The highest BCUT2D eigenvalue weighted by Crippen LogP contribution is 2.27. The lowest BCUT2D eigenvalue weighted by molar-refractivity contribution is 0.208. The molecule has 0 bridgehead atoms. The molecule has 5 heteroatoms. The van der Waals surface area contributed by atoms with Gasteiger partial charge in [0.1, 0.15) is 17.7 Å². The van der Waals surface area contributed by atoms with E-state index >= 15 is 0 Å². The summed E-state index contributed by atoms with van der Waals surface area (Å²) >= 11 is 0. The van der Waals surface area contributed by atoms with Crippen molar-refractivity contribution in [2.75, 3.05) is 6.54 Å². The molecule has 2 N–H and O–H groups in total. The van der Waals surface area contributed by atoms with E-state index in [2.05, 4.69) is 5.32 Å². The normalized spacial score (nSPS) is 20.1. The highest BCUT2D eigenvalue weighted by molar-refractivity contribution is 6.05. The molecule has 2 rings (SSSR count). The van der Waals surface area contributed by atoms with E-state index in [9.17, 15) is 9.18 Å². The van der Waals surface area contributed by atoms with Gasteiger partial charge in [0.25, 0.3) is 0 Å². The second-order valence-corrected chi connectivity index (χ2v) is 3.55. The first kappa shape index (κ1) is 10.6. The van der Waals surface area contributed by atoms with Crippen molar-refractivity contribution in [1.82, 2.24) is 10.2 Å². The fourth-order valence-electron chi connectivity index (χ4n) is 1.87. The van der Waals surface area contributed by atoms with Gasteiger partial charge in [-0.2, -0.15) is 0 Å². The van der Waals surface area contributed by atoms with Crippen molar-refractivity contribution >= 4 is 11.9 Å². The maximum Gasteiger partial charge on any atom is 0.323 e. The molecule has 1 aromatic carbocycles. The molecule has 1 atom stereocenters. The van der Waals surface area contributed by atoms with Crippen LogP contribution in [-0.2, 0) is 0 Å². The lowest BCUT2D eigenvalue weighted by Crippen LogP contribution is -2.29. The average molecular weight is 221 g/mol. The Morgan fingerprint density at radius 3 is 2.81 bits per heavy atom. The van der Waals surface area contributed by atoms with Crippen LogP contribution in [0.4, 0.5) is 9.18 Å².